The SMILES string of the molecule is Cc1nn(C)c(N(C)CCc2ccccn2)c1CN. The highest BCUT2D eigenvalue weighted by Gasteiger charge is 2.15. The van der Waals surface area contributed by atoms with Gasteiger partial charge < -0.3 is 10.6 Å². The summed E-state index contributed by atoms with van der Waals surface area (Å²) in [5.41, 5.74) is 9.04. The molecule has 2 heterocycles. The van der Waals surface area contributed by atoms with Crippen LogP contribution in [0, 0.1) is 6.92 Å². The molecule has 0 bridgehead atoms. The Morgan fingerprint density at radius 3 is 2.79 bits per heavy atom. The zero-order valence-corrected chi connectivity index (χ0v) is 11.8. The van der Waals surface area contributed by atoms with Crippen LogP contribution in [-0.2, 0) is 20.0 Å². The molecular formula is C14H21N5. The number of nitrogens with zero attached hydrogens (tertiary/aromatic N) is 4. The average molecular weight is 259 g/mol. The Morgan fingerprint density at radius 1 is 1.37 bits per heavy atom. The lowest BCUT2D eigenvalue weighted by atomic mass is 10.2. The molecule has 0 aliphatic rings. The van der Waals surface area contributed by atoms with Crippen LogP contribution in [0.2, 0.25) is 0 Å². The molecule has 0 aliphatic heterocycles. The minimum atomic E-state index is 0.517. The molecular weight excluding hydrogens is 238 g/mol. The lowest BCUT2D eigenvalue weighted by molar-refractivity contribution is 0.720. The van der Waals surface area contributed by atoms with Gasteiger partial charge in [0.2, 0.25) is 0 Å². The summed E-state index contributed by atoms with van der Waals surface area (Å²) in [4.78, 5) is 6.53. The second kappa shape index (κ2) is 5.84. The number of aryl methyl sites for hydroxylation is 2. The third-order valence-electron chi connectivity index (χ3n) is 3.31. The predicted octanol–water partition coefficient (Wildman–Crippen LogP) is 1.26. The second-order valence-corrected chi connectivity index (χ2v) is 4.71. The summed E-state index contributed by atoms with van der Waals surface area (Å²) < 4.78 is 1.90. The van der Waals surface area contributed by atoms with Crippen LogP contribution >= 0.6 is 0 Å². The van der Waals surface area contributed by atoms with Gasteiger partial charge in [-0.15, -0.1) is 0 Å². The lowest BCUT2D eigenvalue weighted by Crippen LogP contribution is -2.24. The molecule has 5 heteroatoms. The van der Waals surface area contributed by atoms with Crippen molar-refractivity contribution >= 4 is 5.82 Å². The Labute approximate surface area is 114 Å². The topological polar surface area (TPSA) is 60.0 Å². The Morgan fingerprint density at radius 2 is 2.16 bits per heavy atom. The summed E-state index contributed by atoms with van der Waals surface area (Å²) in [7, 11) is 4.03. The Bertz CT molecular complexity index is 532. The molecule has 0 atom stereocenters. The van der Waals surface area contributed by atoms with Gasteiger partial charge in [0.1, 0.15) is 5.82 Å². The second-order valence-electron chi connectivity index (χ2n) is 4.71. The Balaban J connectivity index is 2.10. The quantitative estimate of drug-likeness (QED) is 0.878. The molecule has 2 N–H and O–H groups in total. The maximum Gasteiger partial charge on any atom is 0.131 e. The summed E-state index contributed by atoms with van der Waals surface area (Å²) in [5, 5.41) is 4.44. The molecule has 2 rings (SSSR count). The smallest absolute Gasteiger partial charge is 0.131 e. The summed E-state index contributed by atoms with van der Waals surface area (Å²) in [5.74, 6) is 1.09. The first kappa shape index (κ1) is 13.5. The van der Waals surface area contributed by atoms with E-state index in [0.717, 1.165) is 35.7 Å². The van der Waals surface area contributed by atoms with E-state index in [1.54, 1.807) is 0 Å². The van der Waals surface area contributed by atoms with E-state index in [4.69, 9.17) is 5.73 Å². The zero-order valence-electron chi connectivity index (χ0n) is 11.8. The minimum absolute atomic E-state index is 0.517. The molecule has 0 spiro atoms. The molecule has 19 heavy (non-hydrogen) atoms. The van der Waals surface area contributed by atoms with Crippen LogP contribution in [0.1, 0.15) is 17.0 Å². The number of likely N-dealkylation sites (N-methyl/N-ethyl adjacent to an activating group) is 1. The number of hydrogen-bond donors (Lipinski definition) is 1. The van der Waals surface area contributed by atoms with Crippen molar-refractivity contribution in [2.75, 3.05) is 18.5 Å². The highest BCUT2D eigenvalue weighted by atomic mass is 15.4. The van der Waals surface area contributed by atoms with Crippen molar-refractivity contribution in [1.29, 1.82) is 0 Å². The summed E-state index contributed by atoms with van der Waals surface area (Å²) in [6, 6.07) is 6.00. The van der Waals surface area contributed by atoms with E-state index >= 15 is 0 Å². The molecule has 2 aromatic heterocycles. The van der Waals surface area contributed by atoms with Gasteiger partial charge >= 0.3 is 0 Å². The van der Waals surface area contributed by atoms with E-state index in [-0.39, 0.29) is 0 Å². The molecule has 0 fully saturated rings. The van der Waals surface area contributed by atoms with Crippen molar-refractivity contribution in [1.82, 2.24) is 14.8 Å². The van der Waals surface area contributed by atoms with E-state index in [2.05, 4.69) is 22.0 Å². The minimum Gasteiger partial charge on any atom is -0.359 e. The van der Waals surface area contributed by atoms with E-state index in [1.165, 1.54) is 0 Å². The van der Waals surface area contributed by atoms with Crippen LogP contribution in [0.3, 0.4) is 0 Å². The molecule has 0 amide bonds. The highest BCUT2D eigenvalue weighted by Crippen LogP contribution is 2.21. The zero-order chi connectivity index (χ0) is 13.8. The number of aromatic nitrogens is 3. The van der Waals surface area contributed by atoms with Crippen molar-refractivity contribution in [2.45, 2.75) is 19.9 Å². The van der Waals surface area contributed by atoms with Crippen molar-refractivity contribution in [3.05, 3.63) is 41.3 Å². The molecule has 102 valence electrons. The fourth-order valence-electron chi connectivity index (χ4n) is 2.34. The number of nitrogens with two attached hydrogens (primary N) is 1. The molecule has 2 aromatic rings. The summed E-state index contributed by atoms with van der Waals surface area (Å²) in [6.45, 7) is 3.41. The van der Waals surface area contributed by atoms with Gasteiger partial charge in [-0.05, 0) is 19.1 Å². The van der Waals surface area contributed by atoms with Gasteiger partial charge in [-0.25, -0.2) is 0 Å². The predicted molar refractivity (Wildman–Crippen MR) is 77.0 cm³/mol. The van der Waals surface area contributed by atoms with E-state index < -0.39 is 0 Å². The fraction of sp³-hybridized carbons (Fsp3) is 0.429. The van der Waals surface area contributed by atoms with Gasteiger partial charge in [0.05, 0.1) is 5.69 Å². The first-order valence-electron chi connectivity index (χ1n) is 6.47. The largest absolute Gasteiger partial charge is 0.359 e. The lowest BCUT2D eigenvalue weighted by Gasteiger charge is -2.20. The number of pyridine rings is 1. The Kier molecular flexibility index (Phi) is 4.16. The highest BCUT2D eigenvalue weighted by molar-refractivity contribution is 5.49. The van der Waals surface area contributed by atoms with E-state index in [9.17, 15) is 0 Å². The summed E-state index contributed by atoms with van der Waals surface area (Å²) >= 11 is 0. The molecule has 0 aliphatic carbocycles. The van der Waals surface area contributed by atoms with Crippen molar-refractivity contribution in [3.63, 3.8) is 0 Å². The molecule has 0 radical (unpaired) electrons. The first-order chi connectivity index (χ1) is 9.13. The average Bonchev–Trinajstić information content (AvgIpc) is 2.71. The number of anilines is 1. The number of rotatable bonds is 5. The molecule has 0 saturated carbocycles. The van der Waals surface area contributed by atoms with Gasteiger partial charge in [-0.2, -0.15) is 5.10 Å². The van der Waals surface area contributed by atoms with Crippen LogP contribution in [0.4, 0.5) is 5.82 Å². The van der Waals surface area contributed by atoms with Crippen LogP contribution in [0.5, 0.6) is 0 Å². The first-order valence-corrected chi connectivity index (χ1v) is 6.47. The van der Waals surface area contributed by atoms with Crippen molar-refractivity contribution in [2.24, 2.45) is 12.8 Å². The van der Waals surface area contributed by atoms with Crippen molar-refractivity contribution < 1.29 is 0 Å². The molecule has 5 nitrogen and oxygen atoms in total. The van der Waals surface area contributed by atoms with Gasteiger partial charge in [0.25, 0.3) is 0 Å². The van der Waals surface area contributed by atoms with Crippen LogP contribution in [0.15, 0.2) is 24.4 Å². The monoisotopic (exact) mass is 259 g/mol. The maximum atomic E-state index is 5.82. The van der Waals surface area contributed by atoms with Gasteiger partial charge in [-0.3, -0.25) is 9.67 Å². The van der Waals surface area contributed by atoms with E-state index in [1.807, 2.05) is 43.0 Å². The normalized spacial score (nSPS) is 10.7. The fourth-order valence-corrected chi connectivity index (χ4v) is 2.34. The molecule has 0 unspecified atom stereocenters. The van der Waals surface area contributed by atoms with E-state index in [0.29, 0.717) is 6.54 Å². The van der Waals surface area contributed by atoms with Crippen LogP contribution in [-0.4, -0.2) is 28.4 Å². The molecule has 0 saturated heterocycles. The van der Waals surface area contributed by atoms with Gasteiger partial charge in [0.15, 0.2) is 0 Å². The van der Waals surface area contributed by atoms with Crippen LogP contribution in [0.25, 0.3) is 0 Å². The Hall–Kier alpha value is -1.88. The summed E-state index contributed by atoms with van der Waals surface area (Å²) in [6.07, 6.45) is 2.74. The third kappa shape index (κ3) is 2.93. The molecule has 0 aromatic carbocycles. The number of hydrogen-bond acceptors (Lipinski definition) is 4. The maximum absolute atomic E-state index is 5.82. The van der Waals surface area contributed by atoms with Crippen LogP contribution < -0.4 is 10.6 Å². The third-order valence-corrected chi connectivity index (χ3v) is 3.31. The van der Waals surface area contributed by atoms with Gasteiger partial charge in [-0.1, -0.05) is 6.07 Å². The van der Waals surface area contributed by atoms with Crippen molar-refractivity contribution in [3.8, 4) is 0 Å². The standard InChI is InChI=1S/C14H21N5/c1-11-13(10-15)14(19(3)17-11)18(2)9-7-12-6-4-5-8-16-12/h4-6,8H,7,9-10,15H2,1-3H3. The van der Waals surface area contributed by atoms with Gasteiger partial charge in [0, 0.05) is 51.1 Å².